The smallest absolute Gasteiger partial charge is 0.225 e. The maximum atomic E-state index is 12.5. The van der Waals surface area contributed by atoms with Crippen molar-refractivity contribution < 1.29 is 14.7 Å². The first-order valence-electron chi connectivity index (χ1n) is 9.89. The fourth-order valence-corrected chi connectivity index (χ4v) is 3.74. The number of fused-ring (bicyclic) bond motifs is 1. The molecular weight excluding hydrogens is 346 g/mol. The van der Waals surface area contributed by atoms with Crippen molar-refractivity contribution >= 4 is 11.8 Å². The first-order chi connectivity index (χ1) is 12.9. The molecule has 2 amide bonds. The van der Waals surface area contributed by atoms with Crippen molar-refractivity contribution in [2.45, 2.75) is 51.3 Å². The molecule has 1 fully saturated rings. The van der Waals surface area contributed by atoms with Gasteiger partial charge in [-0.1, -0.05) is 0 Å². The van der Waals surface area contributed by atoms with E-state index in [1.165, 1.54) is 30.8 Å². The van der Waals surface area contributed by atoms with Crippen LogP contribution in [-0.4, -0.2) is 81.7 Å². The maximum absolute atomic E-state index is 12.5. The number of amides is 2. The van der Waals surface area contributed by atoms with Crippen molar-refractivity contribution in [3.05, 3.63) is 17.5 Å². The zero-order valence-electron chi connectivity index (χ0n) is 16.4. The van der Waals surface area contributed by atoms with E-state index in [9.17, 15) is 14.7 Å². The van der Waals surface area contributed by atoms with Crippen LogP contribution in [0.4, 0.5) is 0 Å². The van der Waals surface area contributed by atoms with Crippen LogP contribution in [0, 0.1) is 0 Å². The second-order valence-electron chi connectivity index (χ2n) is 7.76. The van der Waals surface area contributed by atoms with Gasteiger partial charge >= 0.3 is 0 Å². The van der Waals surface area contributed by atoms with Crippen molar-refractivity contribution in [3.63, 3.8) is 0 Å². The lowest BCUT2D eigenvalue weighted by Gasteiger charge is -2.28. The van der Waals surface area contributed by atoms with Gasteiger partial charge in [0.2, 0.25) is 11.8 Å². The van der Waals surface area contributed by atoms with Crippen LogP contribution in [0.3, 0.4) is 0 Å². The van der Waals surface area contributed by atoms with Gasteiger partial charge in [0.15, 0.2) is 0 Å². The van der Waals surface area contributed by atoms with E-state index >= 15 is 0 Å². The molecule has 0 saturated carbocycles. The van der Waals surface area contributed by atoms with Crippen molar-refractivity contribution in [2.24, 2.45) is 0 Å². The van der Waals surface area contributed by atoms with Crippen LogP contribution < -0.4 is 0 Å². The van der Waals surface area contributed by atoms with E-state index in [4.69, 9.17) is 0 Å². The zero-order valence-corrected chi connectivity index (χ0v) is 16.4. The summed E-state index contributed by atoms with van der Waals surface area (Å²) < 4.78 is 1.84. The minimum absolute atomic E-state index is 0.0165. The highest BCUT2D eigenvalue weighted by Crippen LogP contribution is 2.21. The predicted octanol–water partition coefficient (Wildman–Crippen LogP) is 0.613. The van der Waals surface area contributed by atoms with Crippen molar-refractivity contribution in [3.8, 4) is 0 Å². The second kappa shape index (κ2) is 8.84. The SMILES string of the molecule is CN(C)C(=O)CC(O)c1cc2n(n1)CCN(C(=O)CCCN1CCCC1)C2. The van der Waals surface area contributed by atoms with E-state index < -0.39 is 6.10 Å². The summed E-state index contributed by atoms with van der Waals surface area (Å²) in [5.41, 5.74) is 1.42. The van der Waals surface area contributed by atoms with Crippen molar-refractivity contribution in [1.82, 2.24) is 24.5 Å². The van der Waals surface area contributed by atoms with Gasteiger partial charge in [-0.15, -0.1) is 0 Å². The van der Waals surface area contributed by atoms with Gasteiger partial charge in [-0.3, -0.25) is 14.3 Å². The Balaban J connectivity index is 1.50. The Morgan fingerprint density at radius 3 is 2.67 bits per heavy atom. The molecule has 8 heteroatoms. The Kier molecular flexibility index (Phi) is 6.49. The summed E-state index contributed by atoms with van der Waals surface area (Å²) >= 11 is 0. The van der Waals surface area contributed by atoms with Crippen LogP contribution in [-0.2, 0) is 22.7 Å². The molecule has 1 saturated heterocycles. The standard InChI is InChI=1S/C19H31N5O3/c1-21(2)19(27)13-17(25)16-12-15-14-23(10-11-24(15)20-16)18(26)6-5-9-22-7-3-4-8-22/h12,17,25H,3-11,13-14H2,1-2H3. The number of hydrogen-bond acceptors (Lipinski definition) is 5. The lowest BCUT2D eigenvalue weighted by Crippen LogP contribution is -2.38. The summed E-state index contributed by atoms with van der Waals surface area (Å²) in [5.74, 6) is 0.0507. The molecule has 1 atom stereocenters. The molecule has 1 aromatic rings. The number of aliphatic hydroxyl groups is 1. The normalized spacial score (nSPS) is 18.4. The molecule has 1 unspecified atom stereocenters. The van der Waals surface area contributed by atoms with E-state index in [1.54, 1.807) is 14.1 Å². The average Bonchev–Trinajstić information content (AvgIpc) is 3.30. The average molecular weight is 377 g/mol. The molecule has 2 aliphatic heterocycles. The Morgan fingerprint density at radius 2 is 1.96 bits per heavy atom. The molecule has 3 rings (SSSR count). The Hall–Kier alpha value is -1.93. The Morgan fingerprint density at radius 1 is 1.22 bits per heavy atom. The highest BCUT2D eigenvalue weighted by atomic mass is 16.3. The van der Waals surface area contributed by atoms with E-state index in [0.29, 0.717) is 31.7 Å². The van der Waals surface area contributed by atoms with Gasteiger partial charge in [-0.25, -0.2) is 0 Å². The molecule has 0 aromatic carbocycles. The van der Waals surface area contributed by atoms with Gasteiger partial charge in [0.25, 0.3) is 0 Å². The molecule has 3 heterocycles. The number of carbonyl (C=O) groups is 2. The number of hydrogen-bond donors (Lipinski definition) is 1. The first kappa shape index (κ1) is 19.8. The van der Waals surface area contributed by atoms with Gasteiger partial charge in [0.05, 0.1) is 30.9 Å². The molecule has 150 valence electrons. The third kappa shape index (κ3) is 5.07. The minimum atomic E-state index is -0.914. The zero-order chi connectivity index (χ0) is 19.4. The maximum Gasteiger partial charge on any atom is 0.225 e. The van der Waals surface area contributed by atoms with Crippen LogP contribution >= 0.6 is 0 Å². The lowest BCUT2D eigenvalue weighted by atomic mass is 10.1. The number of carbonyl (C=O) groups excluding carboxylic acids is 2. The molecule has 1 N–H and O–H groups in total. The van der Waals surface area contributed by atoms with Gasteiger partial charge in [-0.2, -0.15) is 5.10 Å². The quantitative estimate of drug-likeness (QED) is 0.753. The Labute approximate surface area is 160 Å². The van der Waals surface area contributed by atoms with E-state index in [1.807, 2.05) is 15.6 Å². The molecule has 27 heavy (non-hydrogen) atoms. The summed E-state index contributed by atoms with van der Waals surface area (Å²) in [5, 5.41) is 14.7. The summed E-state index contributed by atoms with van der Waals surface area (Å²) in [6, 6.07) is 1.82. The van der Waals surface area contributed by atoms with Crippen LogP contribution in [0.15, 0.2) is 6.07 Å². The molecule has 2 aliphatic rings. The molecule has 1 aromatic heterocycles. The third-order valence-corrected chi connectivity index (χ3v) is 5.44. The molecule has 0 radical (unpaired) electrons. The molecule has 0 spiro atoms. The third-order valence-electron chi connectivity index (χ3n) is 5.44. The van der Waals surface area contributed by atoms with Crippen LogP contribution in [0.25, 0.3) is 0 Å². The summed E-state index contributed by atoms with van der Waals surface area (Å²) in [4.78, 5) is 30.1. The van der Waals surface area contributed by atoms with E-state index in [-0.39, 0.29) is 18.2 Å². The van der Waals surface area contributed by atoms with Gasteiger partial charge in [0, 0.05) is 27.1 Å². The predicted molar refractivity (Wildman–Crippen MR) is 101 cm³/mol. The fraction of sp³-hybridized carbons (Fsp3) is 0.737. The largest absolute Gasteiger partial charge is 0.386 e. The van der Waals surface area contributed by atoms with E-state index in [0.717, 1.165) is 18.7 Å². The number of aromatic nitrogens is 2. The van der Waals surface area contributed by atoms with Crippen molar-refractivity contribution in [1.29, 1.82) is 0 Å². The van der Waals surface area contributed by atoms with Gasteiger partial charge in [0.1, 0.15) is 6.10 Å². The second-order valence-corrected chi connectivity index (χ2v) is 7.76. The monoisotopic (exact) mass is 377 g/mol. The first-order valence-corrected chi connectivity index (χ1v) is 9.89. The molecule has 8 nitrogen and oxygen atoms in total. The van der Waals surface area contributed by atoms with Crippen LogP contribution in [0.2, 0.25) is 0 Å². The number of aliphatic hydroxyl groups excluding tert-OH is 1. The van der Waals surface area contributed by atoms with Crippen LogP contribution in [0.5, 0.6) is 0 Å². The van der Waals surface area contributed by atoms with Gasteiger partial charge in [-0.05, 0) is 45.0 Å². The van der Waals surface area contributed by atoms with Gasteiger partial charge < -0.3 is 19.8 Å². The number of nitrogens with zero attached hydrogens (tertiary/aromatic N) is 5. The topological polar surface area (TPSA) is 81.9 Å². The summed E-state index contributed by atoms with van der Waals surface area (Å²) in [6.45, 7) is 5.12. The molecule has 0 bridgehead atoms. The highest BCUT2D eigenvalue weighted by Gasteiger charge is 2.25. The lowest BCUT2D eigenvalue weighted by molar-refractivity contribution is -0.133. The van der Waals surface area contributed by atoms with Crippen LogP contribution in [0.1, 0.15) is 49.6 Å². The highest BCUT2D eigenvalue weighted by molar-refractivity contribution is 5.76. The summed E-state index contributed by atoms with van der Waals surface area (Å²) in [6.07, 6.45) is 3.14. The fourth-order valence-electron chi connectivity index (χ4n) is 3.74. The molecular formula is C19H31N5O3. The Bertz CT molecular complexity index is 666. The number of likely N-dealkylation sites (tertiary alicyclic amines) is 1. The minimum Gasteiger partial charge on any atom is -0.386 e. The molecule has 0 aliphatic carbocycles. The van der Waals surface area contributed by atoms with Crippen molar-refractivity contribution in [2.75, 3.05) is 40.3 Å². The van der Waals surface area contributed by atoms with E-state index in [2.05, 4.69) is 10.00 Å². The summed E-state index contributed by atoms with van der Waals surface area (Å²) in [7, 11) is 3.33. The number of rotatable bonds is 7.